The third-order valence-corrected chi connectivity index (χ3v) is 4.15. The lowest BCUT2D eigenvalue weighted by molar-refractivity contribution is 0.102. The Morgan fingerprint density at radius 2 is 1.96 bits per heavy atom. The lowest BCUT2D eigenvalue weighted by Crippen LogP contribution is -2.14. The summed E-state index contributed by atoms with van der Waals surface area (Å²) in [6, 6.07) is 14.2. The van der Waals surface area contributed by atoms with E-state index in [1.165, 1.54) is 6.07 Å². The Hall–Kier alpha value is -3.74. The number of fused-ring (bicyclic) bond motifs is 1. The summed E-state index contributed by atoms with van der Waals surface area (Å²) in [6.45, 7) is 1.78. The number of pyridine rings is 1. The van der Waals surface area contributed by atoms with E-state index < -0.39 is 5.91 Å². The number of hydrogen-bond donors (Lipinski definition) is 2. The largest absolute Gasteiger partial charge is 0.506 e. The maximum absolute atomic E-state index is 12.5. The van der Waals surface area contributed by atoms with Crippen molar-refractivity contribution in [1.29, 1.82) is 0 Å². The van der Waals surface area contributed by atoms with Crippen LogP contribution in [0.1, 0.15) is 16.2 Å². The molecule has 0 saturated carbocycles. The van der Waals surface area contributed by atoms with Gasteiger partial charge < -0.3 is 10.4 Å². The lowest BCUT2D eigenvalue weighted by Gasteiger charge is -2.08. The Kier molecular flexibility index (Phi) is 3.81. The first-order valence-corrected chi connectivity index (χ1v) is 8.00. The van der Waals surface area contributed by atoms with E-state index >= 15 is 0 Å². The molecule has 7 nitrogen and oxygen atoms in total. The summed E-state index contributed by atoms with van der Waals surface area (Å²) in [6.07, 6.45) is 3.49. The van der Waals surface area contributed by atoms with Gasteiger partial charge in [0.25, 0.3) is 5.91 Å². The number of phenols is 1. The molecule has 0 atom stereocenters. The van der Waals surface area contributed by atoms with E-state index in [-0.39, 0.29) is 11.4 Å². The van der Waals surface area contributed by atoms with Crippen molar-refractivity contribution in [2.75, 3.05) is 5.32 Å². The van der Waals surface area contributed by atoms with Gasteiger partial charge in [-0.05, 0) is 31.2 Å². The first-order valence-electron chi connectivity index (χ1n) is 8.00. The van der Waals surface area contributed by atoms with Crippen molar-refractivity contribution in [3.05, 3.63) is 72.3 Å². The zero-order chi connectivity index (χ0) is 18.1. The molecule has 0 saturated heterocycles. The molecule has 0 bridgehead atoms. The number of hydrogen-bond acceptors (Lipinski definition) is 5. The second-order valence-electron chi connectivity index (χ2n) is 5.78. The molecule has 7 heteroatoms. The van der Waals surface area contributed by atoms with Crippen LogP contribution in [0.4, 0.5) is 5.69 Å². The highest BCUT2D eigenvalue weighted by Crippen LogP contribution is 2.24. The number of nitrogens with zero attached hydrogens (tertiary/aromatic N) is 4. The number of carbonyl (C=O) groups excluding carboxylic acids is 1. The van der Waals surface area contributed by atoms with Gasteiger partial charge in [-0.1, -0.05) is 29.5 Å². The number of anilines is 1. The van der Waals surface area contributed by atoms with E-state index in [0.717, 1.165) is 16.5 Å². The van der Waals surface area contributed by atoms with Crippen molar-refractivity contribution >= 4 is 22.4 Å². The van der Waals surface area contributed by atoms with Crippen LogP contribution in [0.3, 0.4) is 0 Å². The molecule has 0 unspecified atom stereocenters. The van der Waals surface area contributed by atoms with Crippen LogP contribution in [0, 0.1) is 6.92 Å². The van der Waals surface area contributed by atoms with E-state index in [1.54, 1.807) is 42.2 Å². The number of amides is 1. The highest BCUT2D eigenvalue weighted by Gasteiger charge is 2.19. The van der Waals surface area contributed by atoms with E-state index in [2.05, 4.69) is 20.6 Å². The van der Waals surface area contributed by atoms with Crippen molar-refractivity contribution in [2.45, 2.75) is 6.92 Å². The smallest absolute Gasteiger partial charge is 0.278 e. The monoisotopic (exact) mass is 345 g/mol. The minimum absolute atomic E-state index is 0.00699. The summed E-state index contributed by atoms with van der Waals surface area (Å²) < 4.78 is 1.63. The molecule has 2 aromatic heterocycles. The molecule has 0 aliphatic heterocycles. The zero-order valence-corrected chi connectivity index (χ0v) is 13.9. The Labute approximate surface area is 148 Å². The van der Waals surface area contributed by atoms with Crippen molar-refractivity contribution in [1.82, 2.24) is 20.0 Å². The molecule has 0 aliphatic rings. The van der Waals surface area contributed by atoms with Gasteiger partial charge in [0.1, 0.15) is 5.75 Å². The topological polar surface area (TPSA) is 92.9 Å². The summed E-state index contributed by atoms with van der Waals surface area (Å²) in [4.78, 5) is 16.7. The van der Waals surface area contributed by atoms with Crippen molar-refractivity contribution in [3.63, 3.8) is 0 Å². The van der Waals surface area contributed by atoms with Crippen molar-refractivity contribution in [3.8, 4) is 11.4 Å². The van der Waals surface area contributed by atoms with Gasteiger partial charge in [0, 0.05) is 23.2 Å². The molecule has 1 amide bonds. The fourth-order valence-corrected chi connectivity index (χ4v) is 2.82. The van der Waals surface area contributed by atoms with Crippen LogP contribution in [-0.4, -0.2) is 31.0 Å². The van der Waals surface area contributed by atoms with Gasteiger partial charge in [0.2, 0.25) is 0 Å². The van der Waals surface area contributed by atoms with Crippen LogP contribution >= 0.6 is 0 Å². The SMILES string of the molecule is Cc1c(C(=O)Nc2ccccc2O)nnn1-c1cccc2cnccc12. The third-order valence-electron chi connectivity index (χ3n) is 4.15. The fourth-order valence-electron chi connectivity index (χ4n) is 2.82. The normalized spacial score (nSPS) is 10.8. The molecule has 0 spiro atoms. The van der Waals surface area contributed by atoms with Crippen LogP contribution in [0.25, 0.3) is 16.5 Å². The number of benzene rings is 2. The molecule has 4 aromatic rings. The van der Waals surface area contributed by atoms with Gasteiger partial charge in [-0.15, -0.1) is 5.10 Å². The van der Waals surface area contributed by atoms with E-state index in [9.17, 15) is 9.90 Å². The minimum atomic E-state index is -0.433. The molecule has 0 radical (unpaired) electrons. The number of para-hydroxylation sites is 2. The molecule has 2 aromatic carbocycles. The summed E-state index contributed by atoms with van der Waals surface area (Å²) >= 11 is 0. The molecule has 2 heterocycles. The van der Waals surface area contributed by atoms with Gasteiger partial charge in [-0.3, -0.25) is 9.78 Å². The summed E-state index contributed by atoms with van der Waals surface area (Å²) in [5.74, 6) is -0.440. The average molecular weight is 345 g/mol. The molecule has 0 aliphatic carbocycles. The van der Waals surface area contributed by atoms with Crippen LogP contribution in [0.15, 0.2) is 60.9 Å². The Morgan fingerprint density at radius 3 is 2.81 bits per heavy atom. The maximum atomic E-state index is 12.5. The molecule has 26 heavy (non-hydrogen) atoms. The third kappa shape index (κ3) is 2.65. The quantitative estimate of drug-likeness (QED) is 0.557. The second kappa shape index (κ2) is 6.29. The minimum Gasteiger partial charge on any atom is -0.506 e. The second-order valence-corrected chi connectivity index (χ2v) is 5.78. The summed E-state index contributed by atoms with van der Waals surface area (Å²) in [5.41, 5.74) is 1.93. The molecular weight excluding hydrogens is 330 g/mol. The Bertz CT molecular complexity index is 1110. The number of carbonyl (C=O) groups is 1. The van der Waals surface area contributed by atoms with Gasteiger partial charge in [-0.25, -0.2) is 4.68 Å². The predicted molar refractivity (Wildman–Crippen MR) is 97.5 cm³/mol. The number of aromatic hydroxyl groups is 1. The van der Waals surface area contributed by atoms with Gasteiger partial charge >= 0.3 is 0 Å². The van der Waals surface area contributed by atoms with Crippen molar-refractivity contribution < 1.29 is 9.90 Å². The summed E-state index contributed by atoms with van der Waals surface area (Å²) in [5, 5.41) is 22.6. The number of nitrogens with one attached hydrogen (secondary N) is 1. The Balaban J connectivity index is 1.72. The molecule has 0 fully saturated rings. The summed E-state index contributed by atoms with van der Waals surface area (Å²) in [7, 11) is 0. The zero-order valence-electron chi connectivity index (χ0n) is 13.9. The number of rotatable bonds is 3. The lowest BCUT2D eigenvalue weighted by atomic mass is 10.1. The van der Waals surface area contributed by atoms with Gasteiger partial charge in [0.05, 0.1) is 17.1 Å². The van der Waals surface area contributed by atoms with E-state index in [1.807, 2.05) is 24.3 Å². The highest BCUT2D eigenvalue weighted by atomic mass is 16.3. The van der Waals surface area contributed by atoms with Crippen LogP contribution in [-0.2, 0) is 0 Å². The standard InChI is InChI=1S/C19H15N5O2/c1-12-18(19(26)21-15-6-2-3-8-17(15)25)22-23-24(12)16-7-4-5-13-11-20-10-9-14(13)16/h2-11,25H,1H3,(H,21,26). The predicted octanol–water partition coefficient (Wildman–Crippen LogP) is 3.08. The van der Waals surface area contributed by atoms with Crippen LogP contribution < -0.4 is 5.32 Å². The fraction of sp³-hybridized carbons (Fsp3) is 0.0526. The number of phenolic OH excluding ortho intramolecular Hbond substituents is 1. The van der Waals surface area contributed by atoms with E-state index in [0.29, 0.717) is 11.4 Å². The van der Waals surface area contributed by atoms with Gasteiger partial charge in [-0.2, -0.15) is 0 Å². The average Bonchev–Trinajstić information content (AvgIpc) is 3.04. The molecule has 2 N–H and O–H groups in total. The van der Waals surface area contributed by atoms with Crippen molar-refractivity contribution in [2.24, 2.45) is 0 Å². The number of aromatic nitrogens is 4. The highest BCUT2D eigenvalue weighted by molar-refractivity contribution is 6.04. The Morgan fingerprint density at radius 1 is 1.12 bits per heavy atom. The maximum Gasteiger partial charge on any atom is 0.278 e. The first kappa shape index (κ1) is 15.8. The van der Waals surface area contributed by atoms with Gasteiger partial charge in [0.15, 0.2) is 5.69 Å². The first-order chi connectivity index (χ1) is 12.6. The molecule has 4 rings (SSSR count). The van der Waals surface area contributed by atoms with Crippen LogP contribution in [0.5, 0.6) is 5.75 Å². The van der Waals surface area contributed by atoms with Crippen LogP contribution in [0.2, 0.25) is 0 Å². The molecule has 128 valence electrons. The van der Waals surface area contributed by atoms with E-state index in [4.69, 9.17) is 0 Å². The molecular formula is C19H15N5O2.